The summed E-state index contributed by atoms with van der Waals surface area (Å²) in [5, 5.41) is 16.3. The van der Waals surface area contributed by atoms with Gasteiger partial charge < -0.3 is 14.7 Å². The molecule has 124 valence electrons. The van der Waals surface area contributed by atoms with Crippen molar-refractivity contribution in [3.8, 4) is 0 Å². The second-order valence-corrected chi connectivity index (χ2v) is 7.88. The van der Waals surface area contributed by atoms with Crippen molar-refractivity contribution in [1.29, 1.82) is 0 Å². The lowest BCUT2D eigenvalue weighted by molar-refractivity contribution is -0.102. The van der Waals surface area contributed by atoms with Gasteiger partial charge in [-0.1, -0.05) is 22.0 Å². The van der Waals surface area contributed by atoms with Crippen molar-refractivity contribution < 1.29 is 14.6 Å². The summed E-state index contributed by atoms with van der Waals surface area (Å²) < 4.78 is 7.97. The third kappa shape index (κ3) is 2.95. The maximum Gasteiger partial charge on any atom is 0.410 e. The number of rotatable bonds is 1. The molecular weight excluding hydrogens is 362 g/mol. The molecule has 2 heterocycles. The van der Waals surface area contributed by atoms with E-state index in [4.69, 9.17) is 4.74 Å². The quantitative estimate of drug-likeness (QED) is 0.824. The molecule has 23 heavy (non-hydrogen) atoms. The topological polar surface area (TPSA) is 67.6 Å². The van der Waals surface area contributed by atoms with Crippen molar-refractivity contribution in [2.75, 3.05) is 13.1 Å². The van der Waals surface area contributed by atoms with Gasteiger partial charge in [0, 0.05) is 28.7 Å². The summed E-state index contributed by atoms with van der Waals surface area (Å²) in [5.74, 6) is 0. The smallest absolute Gasteiger partial charge is 0.410 e. The Balaban J connectivity index is 1.84. The first kappa shape index (κ1) is 16.3. The molecule has 0 saturated carbocycles. The van der Waals surface area contributed by atoms with Crippen LogP contribution in [0.2, 0.25) is 0 Å². The first-order valence-electron chi connectivity index (χ1n) is 7.42. The van der Waals surface area contributed by atoms with Crippen molar-refractivity contribution in [2.24, 2.45) is 7.05 Å². The van der Waals surface area contributed by atoms with Crippen LogP contribution in [0.1, 0.15) is 26.3 Å². The van der Waals surface area contributed by atoms with Crippen LogP contribution in [0.15, 0.2) is 22.8 Å². The Labute approximate surface area is 143 Å². The van der Waals surface area contributed by atoms with E-state index in [-0.39, 0.29) is 13.1 Å². The number of ether oxygens (including phenoxy) is 1. The Morgan fingerprint density at radius 3 is 2.65 bits per heavy atom. The van der Waals surface area contributed by atoms with Crippen LogP contribution < -0.4 is 0 Å². The highest BCUT2D eigenvalue weighted by Gasteiger charge is 2.47. The molecule has 1 aliphatic heterocycles. The Kier molecular flexibility index (Phi) is 3.68. The van der Waals surface area contributed by atoms with Gasteiger partial charge in [0.05, 0.1) is 18.6 Å². The number of aliphatic hydroxyl groups is 1. The summed E-state index contributed by atoms with van der Waals surface area (Å²) in [7, 11) is 1.84. The number of amides is 1. The fourth-order valence-corrected chi connectivity index (χ4v) is 3.20. The number of fused-ring (bicyclic) bond motifs is 1. The van der Waals surface area contributed by atoms with E-state index in [2.05, 4.69) is 21.0 Å². The monoisotopic (exact) mass is 381 g/mol. The zero-order chi connectivity index (χ0) is 17.0. The van der Waals surface area contributed by atoms with E-state index in [9.17, 15) is 9.90 Å². The second-order valence-electron chi connectivity index (χ2n) is 7.03. The van der Waals surface area contributed by atoms with Crippen molar-refractivity contribution in [3.05, 3.63) is 28.4 Å². The normalized spacial score (nSPS) is 17.2. The molecule has 0 spiro atoms. The lowest BCUT2D eigenvalue weighted by atomic mass is 9.85. The second kappa shape index (κ2) is 5.21. The number of hydrogen-bond acceptors (Lipinski definition) is 4. The van der Waals surface area contributed by atoms with E-state index < -0.39 is 17.3 Å². The first-order valence-corrected chi connectivity index (χ1v) is 8.21. The SMILES string of the molecule is Cn1cc2c(Br)ccc(C3(O)CN(C(=O)OC(C)(C)C)C3)c2n1. The molecule has 0 unspecified atom stereocenters. The Hall–Kier alpha value is -1.60. The number of carbonyl (C=O) groups is 1. The fourth-order valence-electron chi connectivity index (χ4n) is 2.77. The summed E-state index contributed by atoms with van der Waals surface area (Å²) in [6, 6.07) is 3.75. The average molecular weight is 382 g/mol. The van der Waals surface area contributed by atoms with E-state index in [1.807, 2.05) is 46.1 Å². The minimum Gasteiger partial charge on any atom is -0.444 e. The molecule has 1 amide bonds. The van der Waals surface area contributed by atoms with Crippen molar-refractivity contribution in [2.45, 2.75) is 32.0 Å². The van der Waals surface area contributed by atoms with Gasteiger partial charge in [-0.25, -0.2) is 4.79 Å². The lowest BCUT2D eigenvalue weighted by Gasteiger charge is -2.46. The van der Waals surface area contributed by atoms with Crippen LogP contribution in [0.25, 0.3) is 10.9 Å². The predicted octanol–water partition coefficient (Wildman–Crippen LogP) is 2.77. The van der Waals surface area contributed by atoms with Gasteiger partial charge in [0.15, 0.2) is 0 Å². The van der Waals surface area contributed by atoms with Gasteiger partial charge in [0.25, 0.3) is 0 Å². The minimum absolute atomic E-state index is 0.204. The van der Waals surface area contributed by atoms with Crippen molar-refractivity contribution in [3.63, 3.8) is 0 Å². The summed E-state index contributed by atoms with van der Waals surface area (Å²) in [6.07, 6.45) is 1.49. The Morgan fingerprint density at radius 1 is 1.39 bits per heavy atom. The molecule has 0 atom stereocenters. The number of aromatic nitrogens is 2. The van der Waals surface area contributed by atoms with Crippen LogP contribution in [-0.4, -0.2) is 44.6 Å². The van der Waals surface area contributed by atoms with Gasteiger partial charge in [0.1, 0.15) is 11.2 Å². The van der Waals surface area contributed by atoms with E-state index in [1.54, 1.807) is 4.68 Å². The van der Waals surface area contributed by atoms with Crippen molar-refractivity contribution in [1.82, 2.24) is 14.7 Å². The fraction of sp³-hybridized carbons (Fsp3) is 0.500. The molecule has 1 fully saturated rings. The number of carbonyl (C=O) groups excluding carboxylic acids is 1. The molecule has 7 heteroatoms. The maximum absolute atomic E-state index is 12.0. The summed E-state index contributed by atoms with van der Waals surface area (Å²) in [4.78, 5) is 13.5. The van der Waals surface area contributed by atoms with Crippen molar-refractivity contribution >= 4 is 32.9 Å². The molecule has 0 aliphatic carbocycles. The molecule has 0 radical (unpaired) electrons. The third-order valence-electron chi connectivity index (χ3n) is 3.80. The van der Waals surface area contributed by atoms with Crippen LogP contribution in [0.4, 0.5) is 4.79 Å². The zero-order valence-electron chi connectivity index (χ0n) is 13.6. The number of nitrogens with zero attached hydrogens (tertiary/aromatic N) is 3. The van der Waals surface area contributed by atoms with E-state index in [0.717, 1.165) is 20.9 Å². The van der Waals surface area contributed by atoms with Gasteiger partial charge in [-0.05, 0) is 26.8 Å². The Morgan fingerprint density at radius 2 is 2.04 bits per heavy atom. The van der Waals surface area contributed by atoms with Gasteiger partial charge in [-0.3, -0.25) is 4.68 Å². The molecule has 3 rings (SSSR count). The predicted molar refractivity (Wildman–Crippen MR) is 90.1 cm³/mol. The highest BCUT2D eigenvalue weighted by atomic mass is 79.9. The maximum atomic E-state index is 12.0. The third-order valence-corrected chi connectivity index (χ3v) is 4.49. The van der Waals surface area contributed by atoms with Crippen LogP contribution >= 0.6 is 15.9 Å². The van der Waals surface area contributed by atoms with E-state index >= 15 is 0 Å². The minimum atomic E-state index is -1.09. The number of hydrogen-bond donors (Lipinski definition) is 1. The van der Waals surface area contributed by atoms with Gasteiger partial charge >= 0.3 is 6.09 Å². The number of β-amino-alcohol motifs (C(OH)–C–C–N with tert-alkyl or cyclic N) is 1. The molecule has 2 aromatic rings. The van der Waals surface area contributed by atoms with E-state index in [1.165, 1.54) is 4.90 Å². The van der Waals surface area contributed by atoms with Crippen LogP contribution in [0, 0.1) is 0 Å². The number of halogens is 1. The van der Waals surface area contributed by atoms with Crippen LogP contribution in [0.5, 0.6) is 0 Å². The highest BCUT2D eigenvalue weighted by Crippen LogP contribution is 2.38. The summed E-state index contributed by atoms with van der Waals surface area (Å²) in [5.41, 5.74) is -0.162. The standard InChI is InChI=1S/C16H20BrN3O3/c1-15(2,3)23-14(21)20-8-16(22,9-20)11-5-6-12(17)10-7-19(4)18-13(10)11/h5-7,22H,8-9H2,1-4H3. The number of likely N-dealkylation sites (tertiary alicyclic amines) is 1. The molecule has 1 saturated heterocycles. The molecule has 1 aromatic carbocycles. The molecule has 1 N–H and O–H groups in total. The van der Waals surface area contributed by atoms with E-state index in [0.29, 0.717) is 0 Å². The molecular formula is C16H20BrN3O3. The first-order chi connectivity index (χ1) is 10.6. The molecule has 1 aliphatic rings. The zero-order valence-corrected chi connectivity index (χ0v) is 15.2. The number of benzene rings is 1. The average Bonchev–Trinajstić information content (AvgIpc) is 2.75. The van der Waals surface area contributed by atoms with Gasteiger partial charge in [-0.15, -0.1) is 0 Å². The lowest BCUT2D eigenvalue weighted by Crippen LogP contribution is -2.62. The molecule has 0 bridgehead atoms. The van der Waals surface area contributed by atoms with Crippen LogP contribution in [-0.2, 0) is 17.4 Å². The molecule has 1 aromatic heterocycles. The summed E-state index contributed by atoms with van der Waals surface area (Å²) >= 11 is 3.50. The Bertz CT molecular complexity index is 773. The number of aryl methyl sites for hydroxylation is 1. The van der Waals surface area contributed by atoms with Gasteiger partial charge in [0.2, 0.25) is 0 Å². The van der Waals surface area contributed by atoms with Gasteiger partial charge in [-0.2, -0.15) is 5.10 Å². The van der Waals surface area contributed by atoms with Crippen LogP contribution in [0.3, 0.4) is 0 Å². The largest absolute Gasteiger partial charge is 0.444 e. The summed E-state index contributed by atoms with van der Waals surface area (Å²) in [6.45, 7) is 5.87. The highest BCUT2D eigenvalue weighted by molar-refractivity contribution is 9.10. The molecule has 6 nitrogen and oxygen atoms in total.